The van der Waals surface area contributed by atoms with Crippen LogP contribution in [0.4, 0.5) is 55.5 Å². The van der Waals surface area contributed by atoms with Gasteiger partial charge in [0.2, 0.25) is 0 Å². The van der Waals surface area contributed by atoms with Crippen molar-refractivity contribution < 1.29 is 49.0 Å². The average Bonchev–Trinajstić information content (AvgIpc) is 3.76. The van der Waals surface area contributed by atoms with Gasteiger partial charge in [-0.25, -0.2) is 37.5 Å². The molecule has 4 aromatic heterocycles. The standard InChI is InChI=1S/C21H24F5N5.C20H22F5N5O/c1-2-16-29-15(13-7-14(21(24,25)26)17(27)28-8-13)9-31(16)19-10-18(11-19,12-19)30-5-3-20(22,23)4-6-30;21-19(22)1-3-29(4-2-19)17-9-18(10-17,11-17)30-7-14(28-15(30)8-31)12-5-13(20(23,24)25)16(26)27-6-12/h7-9H,2-6,10-12H2,1H3,(H2,27,28);5-7,31H,1-4,8-11H2,(H2,26,27). The van der Waals surface area contributed by atoms with E-state index in [0.29, 0.717) is 44.1 Å². The van der Waals surface area contributed by atoms with Gasteiger partial charge in [0.05, 0.1) is 33.6 Å². The summed E-state index contributed by atoms with van der Waals surface area (Å²) in [7, 11) is 0. The number of imidazole rings is 2. The quantitative estimate of drug-likeness (QED) is 0.151. The van der Waals surface area contributed by atoms with Crippen LogP contribution in [0.5, 0.6) is 0 Å². The number of hydrogen-bond acceptors (Lipinski definition) is 9. The first-order chi connectivity index (χ1) is 28.9. The molecule has 0 amide bonds. The molecule has 0 unspecified atom stereocenters. The van der Waals surface area contributed by atoms with Gasteiger partial charge in [0, 0.05) is 105 Å². The fourth-order valence-corrected chi connectivity index (χ4v) is 11.1. The zero-order valence-corrected chi connectivity index (χ0v) is 33.7. The summed E-state index contributed by atoms with van der Waals surface area (Å²) in [6.45, 7) is 3.15. The molecule has 0 spiro atoms. The van der Waals surface area contributed by atoms with Gasteiger partial charge in [-0.05, 0) is 50.7 Å². The highest BCUT2D eigenvalue weighted by molar-refractivity contribution is 5.63. The van der Waals surface area contributed by atoms with Crippen LogP contribution in [0.1, 0.15) is 93.9 Å². The van der Waals surface area contributed by atoms with Gasteiger partial charge in [0.15, 0.2) is 0 Å². The number of pyridine rings is 2. The number of aromatic nitrogens is 6. The number of nitrogens with two attached hydrogens (primary N) is 2. The smallest absolute Gasteiger partial charge is 0.388 e. The Kier molecular flexibility index (Phi) is 9.66. The van der Waals surface area contributed by atoms with Crippen LogP contribution in [-0.4, -0.2) is 93.1 Å². The lowest BCUT2D eigenvalue weighted by Crippen LogP contribution is -2.79. The third-order valence-electron chi connectivity index (χ3n) is 14.4. The Labute approximate surface area is 349 Å². The molecule has 2 saturated heterocycles. The van der Waals surface area contributed by atoms with Gasteiger partial charge in [0.25, 0.3) is 11.8 Å². The summed E-state index contributed by atoms with van der Waals surface area (Å²) < 4.78 is 137. The largest absolute Gasteiger partial charge is 0.419 e. The first-order valence-electron chi connectivity index (χ1n) is 20.6. The fourth-order valence-electron chi connectivity index (χ4n) is 11.1. The first-order valence-corrected chi connectivity index (χ1v) is 20.6. The van der Waals surface area contributed by atoms with E-state index < -0.39 is 47.0 Å². The molecule has 4 aromatic rings. The molecule has 2 aliphatic heterocycles. The molecule has 0 atom stereocenters. The van der Waals surface area contributed by atoms with Crippen molar-refractivity contribution in [3.05, 3.63) is 59.7 Å². The Morgan fingerprint density at radius 1 is 0.597 bits per heavy atom. The summed E-state index contributed by atoms with van der Waals surface area (Å²) >= 11 is 0. The number of hydrogen-bond donors (Lipinski definition) is 3. The minimum Gasteiger partial charge on any atom is -0.388 e. The maximum atomic E-state index is 13.5. The van der Waals surface area contributed by atoms with E-state index in [1.54, 1.807) is 12.4 Å². The number of rotatable bonds is 8. The van der Waals surface area contributed by atoms with E-state index in [1.165, 1.54) is 12.4 Å². The summed E-state index contributed by atoms with van der Waals surface area (Å²) in [6.07, 6.45) is 1.80. The summed E-state index contributed by atoms with van der Waals surface area (Å²) in [5.41, 5.74) is 9.42. The molecule has 11 nitrogen and oxygen atoms in total. The van der Waals surface area contributed by atoms with Crippen molar-refractivity contribution in [3.63, 3.8) is 0 Å². The van der Waals surface area contributed by atoms with Crippen molar-refractivity contribution in [1.29, 1.82) is 0 Å². The molecule has 21 heteroatoms. The second-order valence-corrected chi connectivity index (χ2v) is 18.3. The molecule has 0 radical (unpaired) electrons. The third kappa shape index (κ3) is 7.00. The molecule has 6 saturated carbocycles. The third-order valence-corrected chi connectivity index (χ3v) is 14.4. The molecule has 0 aromatic carbocycles. The number of aryl methyl sites for hydroxylation is 1. The molecule has 5 N–H and O–H groups in total. The van der Waals surface area contributed by atoms with Crippen molar-refractivity contribution >= 4 is 11.6 Å². The Morgan fingerprint density at radius 2 is 0.952 bits per heavy atom. The Balaban J connectivity index is 0.000000158. The summed E-state index contributed by atoms with van der Waals surface area (Å²) in [4.78, 5) is 20.6. The van der Waals surface area contributed by atoms with Crippen LogP contribution >= 0.6 is 0 Å². The Hall–Kier alpha value is -4.50. The number of alkyl halides is 10. The van der Waals surface area contributed by atoms with E-state index in [0.717, 1.165) is 56.5 Å². The first kappa shape index (κ1) is 42.8. The zero-order valence-electron chi connectivity index (χ0n) is 33.7. The number of aliphatic hydroxyl groups excluding tert-OH is 1. The molecule has 6 heterocycles. The fraction of sp³-hybridized carbons (Fsp3) is 0.610. The van der Waals surface area contributed by atoms with Gasteiger partial charge < -0.3 is 25.7 Å². The SMILES string of the molecule is CCc1nc(-c2cnc(N)c(C(F)(F)F)c2)cn1C12CC(N3CCC(F)(F)CC3)(C1)C2.Nc1ncc(-c2cn(C34CC(N5CCC(F)(F)CC5)(C3)C4)c(CO)n2)cc1C(F)(F)F. The molecular weight excluding hydrogens is 838 g/mol. The van der Waals surface area contributed by atoms with E-state index in [4.69, 9.17) is 11.5 Å². The molecule has 8 fully saturated rings. The van der Waals surface area contributed by atoms with Gasteiger partial charge in [-0.1, -0.05) is 6.92 Å². The van der Waals surface area contributed by atoms with Crippen LogP contribution in [0.2, 0.25) is 0 Å². The lowest BCUT2D eigenvalue weighted by Gasteiger charge is -2.75. The molecule has 4 bridgehead atoms. The minimum atomic E-state index is -4.64. The average molecular weight is 885 g/mol. The summed E-state index contributed by atoms with van der Waals surface area (Å²) in [6, 6.07) is 1.90. The molecule has 336 valence electrons. The monoisotopic (exact) mass is 884 g/mol. The minimum absolute atomic E-state index is 0.0157. The van der Waals surface area contributed by atoms with Crippen LogP contribution in [-0.2, 0) is 36.5 Å². The number of likely N-dealkylation sites (tertiary alicyclic amines) is 2. The predicted molar refractivity (Wildman–Crippen MR) is 206 cm³/mol. The van der Waals surface area contributed by atoms with E-state index in [-0.39, 0.29) is 71.3 Å². The maximum Gasteiger partial charge on any atom is 0.419 e. The number of piperidine rings is 2. The van der Waals surface area contributed by atoms with Crippen LogP contribution in [0.3, 0.4) is 0 Å². The van der Waals surface area contributed by atoms with Crippen molar-refractivity contribution in [2.24, 2.45) is 0 Å². The highest BCUT2D eigenvalue weighted by atomic mass is 19.4. The van der Waals surface area contributed by atoms with Crippen LogP contribution in [0, 0.1) is 0 Å². The topological polar surface area (TPSA) is 140 Å². The summed E-state index contributed by atoms with van der Waals surface area (Å²) in [5, 5.41) is 9.78. The van der Waals surface area contributed by atoms with Gasteiger partial charge in [-0.2, -0.15) is 26.3 Å². The number of anilines is 2. The number of halogens is 10. The van der Waals surface area contributed by atoms with Crippen molar-refractivity contribution in [3.8, 4) is 22.5 Å². The van der Waals surface area contributed by atoms with Crippen LogP contribution in [0.15, 0.2) is 36.9 Å². The predicted octanol–water partition coefficient (Wildman–Crippen LogP) is 7.87. The van der Waals surface area contributed by atoms with E-state index in [1.807, 2.05) is 11.5 Å². The molecule has 6 aliphatic carbocycles. The second-order valence-electron chi connectivity index (χ2n) is 18.3. The number of aliphatic hydroxyl groups is 1. The lowest BCUT2D eigenvalue weighted by molar-refractivity contribution is -0.224. The highest BCUT2D eigenvalue weighted by Gasteiger charge is 2.73. The highest BCUT2D eigenvalue weighted by Crippen LogP contribution is 2.70. The number of nitrogen functional groups attached to an aromatic ring is 2. The summed E-state index contributed by atoms with van der Waals surface area (Å²) in [5.74, 6) is -5.15. The molecule has 8 aliphatic rings. The molecule has 62 heavy (non-hydrogen) atoms. The molecular formula is C41H46F10N10O. The van der Waals surface area contributed by atoms with Gasteiger partial charge in [0.1, 0.15) is 29.9 Å². The maximum absolute atomic E-state index is 13.5. The van der Waals surface area contributed by atoms with E-state index in [9.17, 15) is 49.0 Å². The van der Waals surface area contributed by atoms with E-state index >= 15 is 0 Å². The van der Waals surface area contributed by atoms with Crippen LogP contribution in [0.25, 0.3) is 22.5 Å². The van der Waals surface area contributed by atoms with Crippen molar-refractivity contribution in [2.75, 3.05) is 37.6 Å². The van der Waals surface area contributed by atoms with Gasteiger partial charge in [-0.15, -0.1) is 0 Å². The van der Waals surface area contributed by atoms with Gasteiger partial charge >= 0.3 is 12.4 Å². The van der Waals surface area contributed by atoms with Crippen molar-refractivity contribution in [1.82, 2.24) is 38.9 Å². The Bertz CT molecular complexity index is 2170. The molecule has 12 rings (SSSR count). The normalized spacial score (nSPS) is 30.0. The van der Waals surface area contributed by atoms with Crippen LogP contribution < -0.4 is 11.5 Å². The lowest BCUT2D eigenvalue weighted by atomic mass is 9.43. The second kappa shape index (κ2) is 14.0. The van der Waals surface area contributed by atoms with E-state index in [2.05, 4.69) is 34.3 Å². The van der Waals surface area contributed by atoms with Gasteiger partial charge in [-0.3, -0.25) is 9.80 Å². The zero-order chi connectivity index (χ0) is 44.5. The number of nitrogens with zero attached hydrogens (tertiary/aromatic N) is 8. The Morgan fingerprint density at radius 3 is 1.29 bits per heavy atom. The van der Waals surface area contributed by atoms with Crippen molar-refractivity contribution in [2.45, 2.75) is 131 Å².